The maximum Gasteiger partial charge on any atom is 0.243 e. The Morgan fingerprint density at radius 3 is 2.42 bits per heavy atom. The molecule has 40 heavy (non-hydrogen) atoms. The van der Waals surface area contributed by atoms with Crippen molar-refractivity contribution >= 4 is 32.9 Å². The summed E-state index contributed by atoms with van der Waals surface area (Å²) in [7, 11) is -2.35. The molecule has 1 fully saturated rings. The number of nitrogens with two attached hydrogens (primary N) is 3. The number of amidine groups is 1. The highest BCUT2D eigenvalue weighted by molar-refractivity contribution is 7.89. The smallest absolute Gasteiger partial charge is 0.243 e. The van der Waals surface area contributed by atoms with E-state index in [0.717, 1.165) is 61.5 Å². The van der Waals surface area contributed by atoms with Crippen molar-refractivity contribution in [2.24, 2.45) is 16.6 Å². The van der Waals surface area contributed by atoms with Crippen molar-refractivity contribution in [2.45, 2.75) is 11.3 Å². The molecule has 0 radical (unpaired) electrons. The minimum absolute atomic E-state index is 0.0440. The van der Waals surface area contributed by atoms with Crippen molar-refractivity contribution in [3.05, 3.63) is 64.5 Å². The molecule has 0 aromatic heterocycles. The van der Waals surface area contributed by atoms with Gasteiger partial charge in [-0.25, -0.2) is 17.2 Å². The lowest BCUT2D eigenvalue weighted by Crippen LogP contribution is -2.41. The van der Waals surface area contributed by atoms with Crippen molar-refractivity contribution in [1.82, 2.24) is 9.21 Å². The Morgan fingerprint density at radius 1 is 1.10 bits per heavy atom. The summed E-state index contributed by atoms with van der Waals surface area (Å²) < 4.78 is 59.7. The van der Waals surface area contributed by atoms with Crippen molar-refractivity contribution in [3.8, 4) is 0 Å². The van der Waals surface area contributed by atoms with Gasteiger partial charge in [-0.3, -0.25) is 4.90 Å². The van der Waals surface area contributed by atoms with Crippen LogP contribution in [0.2, 0.25) is 0 Å². The number of halogens is 2. The summed E-state index contributed by atoms with van der Waals surface area (Å²) in [6, 6.07) is 6.95. The molecule has 2 aromatic rings. The quantitative estimate of drug-likeness (QED) is 0.170. The molecule has 1 saturated heterocycles. The van der Waals surface area contributed by atoms with Crippen molar-refractivity contribution < 1.29 is 21.9 Å². The van der Waals surface area contributed by atoms with Gasteiger partial charge in [0, 0.05) is 75.8 Å². The average molecular weight is 580 g/mol. The number of hydrazone groups is 1. The van der Waals surface area contributed by atoms with E-state index in [-0.39, 0.29) is 53.2 Å². The van der Waals surface area contributed by atoms with Crippen molar-refractivity contribution in [2.75, 3.05) is 75.3 Å². The number of ether oxygens (including phenoxy) is 1. The Kier molecular flexibility index (Phi) is 9.10. The van der Waals surface area contributed by atoms with Crippen LogP contribution in [-0.2, 0) is 14.8 Å². The molecular weight excluding hydrogens is 546 g/mol. The van der Waals surface area contributed by atoms with Gasteiger partial charge in [-0.15, -0.1) is 0 Å². The number of nitrogens with zero attached hydrogens (tertiary/aromatic N) is 5. The second kappa shape index (κ2) is 12.3. The molecule has 0 spiro atoms. The summed E-state index contributed by atoms with van der Waals surface area (Å²) in [4.78, 5) is 3.78. The molecule has 2 heterocycles. The van der Waals surface area contributed by atoms with Crippen LogP contribution in [0, 0.1) is 16.8 Å². The molecule has 6 N–H and O–H groups in total. The van der Waals surface area contributed by atoms with Crippen LogP contribution in [0.15, 0.2) is 57.7 Å². The first-order valence-electron chi connectivity index (χ1n) is 12.6. The lowest BCUT2D eigenvalue weighted by Gasteiger charge is -2.31. The molecule has 0 amide bonds. The summed E-state index contributed by atoms with van der Waals surface area (Å²) in [5.74, 6) is -2.36. The first-order valence-corrected chi connectivity index (χ1v) is 14.1. The first-order chi connectivity index (χ1) is 19.0. The second-order valence-corrected chi connectivity index (χ2v) is 11.5. The van der Waals surface area contributed by atoms with E-state index in [1.54, 1.807) is 12.1 Å². The van der Waals surface area contributed by atoms with E-state index >= 15 is 0 Å². The summed E-state index contributed by atoms with van der Waals surface area (Å²) in [6.07, 6.45) is 0.0784. The van der Waals surface area contributed by atoms with Crippen molar-refractivity contribution in [3.63, 3.8) is 0 Å². The Morgan fingerprint density at radius 2 is 1.77 bits per heavy atom. The summed E-state index contributed by atoms with van der Waals surface area (Å²) >= 11 is 0. The predicted molar refractivity (Wildman–Crippen MR) is 150 cm³/mol. The lowest BCUT2D eigenvalue weighted by atomic mass is 10.1. The first kappa shape index (κ1) is 29.5. The van der Waals surface area contributed by atoms with Crippen LogP contribution >= 0.6 is 0 Å². The van der Waals surface area contributed by atoms with Gasteiger partial charge in [0.2, 0.25) is 10.0 Å². The molecule has 4 rings (SSSR count). The number of hydrogen-bond acceptors (Lipinski definition) is 10. The van der Waals surface area contributed by atoms with E-state index < -0.39 is 26.6 Å². The van der Waals surface area contributed by atoms with Crippen LogP contribution in [0.4, 0.5) is 25.8 Å². The zero-order valence-electron chi connectivity index (χ0n) is 22.1. The molecule has 0 atom stereocenters. The topological polar surface area (TPSA) is 170 Å². The highest BCUT2D eigenvalue weighted by Gasteiger charge is 2.31. The second-order valence-electron chi connectivity index (χ2n) is 9.57. The van der Waals surface area contributed by atoms with Crippen LogP contribution in [0.1, 0.15) is 6.42 Å². The van der Waals surface area contributed by atoms with E-state index in [9.17, 15) is 22.4 Å². The van der Waals surface area contributed by atoms with E-state index in [1.165, 1.54) is 6.07 Å². The molecule has 0 aliphatic carbocycles. The third-order valence-electron chi connectivity index (χ3n) is 6.85. The summed E-state index contributed by atoms with van der Waals surface area (Å²) in [5, 5.41) is 17.0. The third kappa shape index (κ3) is 6.79. The Balaban J connectivity index is 1.46. The minimum atomic E-state index is -4.28. The highest BCUT2D eigenvalue weighted by atomic mass is 32.2. The Labute approximate surface area is 231 Å². The number of nitrogen functional groups attached to an aromatic ring is 1. The largest absolute Gasteiger partial charge is 0.737 e. The number of hydrogen-bond donors (Lipinski definition) is 3. The monoisotopic (exact) mass is 579 g/mol. The summed E-state index contributed by atoms with van der Waals surface area (Å²) in [6.45, 7) is 4.43. The van der Waals surface area contributed by atoms with Gasteiger partial charge in [-0.1, -0.05) is 0 Å². The van der Waals surface area contributed by atoms with Gasteiger partial charge in [-0.05, 0) is 30.3 Å². The van der Waals surface area contributed by atoms with Crippen LogP contribution in [0.5, 0.6) is 0 Å². The molecule has 15 heteroatoms. The number of rotatable bonds is 9. The third-order valence-corrected chi connectivity index (χ3v) is 8.67. The molecule has 0 saturated carbocycles. The van der Waals surface area contributed by atoms with E-state index in [2.05, 4.69) is 10.0 Å². The Hall–Kier alpha value is -3.50. The molecule has 2 aliphatic rings. The number of anilines is 3. The van der Waals surface area contributed by atoms with Crippen LogP contribution in [-0.4, -0.2) is 83.0 Å². The van der Waals surface area contributed by atoms with Gasteiger partial charge in [0.1, 0.15) is 17.5 Å². The number of likely N-dealkylation sites (N-methyl/N-ethyl adjacent to an activating group) is 1. The highest BCUT2D eigenvalue weighted by Crippen LogP contribution is 2.29. The van der Waals surface area contributed by atoms with E-state index in [4.69, 9.17) is 21.9 Å². The standard InChI is InChI=1S/C25H33F2N8O4S/c1-32(6-7-33-8-10-39-11-9-33)19-2-3-24(23(29)15-19)35(36)31-25(30)21-16-34(5-4-22(21)28)40(37,38)20-13-17(26)12-18(27)14-20/h2-3,12-15H,4-11,16,28-29H2,1H3,(H2,30,31)/q-1. The molecule has 2 aromatic carbocycles. The normalized spacial score (nSPS) is 17.8. The van der Waals surface area contributed by atoms with Crippen LogP contribution < -0.4 is 27.3 Å². The van der Waals surface area contributed by atoms with E-state index in [1.807, 2.05) is 11.9 Å². The lowest BCUT2D eigenvalue weighted by molar-refractivity contribution is 0.0393. The fraction of sp³-hybridized carbons (Fsp3) is 0.400. The minimum Gasteiger partial charge on any atom is -0.737 e. The maximum absolute atomic E-state index is 13.7. The molecular formula is C25H33F2N8O4S-. The average Bonchev–Trinajstić information content (AvgIpc) is 2.91. The molecule has 2 aliphatic heterocycles. The number of sulfonamides is 1. The summed E-state index contributed by atoms with van der Waals surface area (Å²) in [5.41, 5.74) is 19.7. The Bertz CT molecular complexity index is 1380. The maximum atomic E-state index is 13.7. The van der Waals surface area contributed by atoms with Gasteiger partial charge in [0.15, 0.2) is 0 Å². The van der Waals surface area contributed by atoms with Gasteiger partial charge in [0.25, 0.3) is 0 Å². The van der Waals surface area contributed by atoms with Crippen LogP contribution in [0.25, 0.3) is 0 Å². The predicted octanol–water partition coefficient (Wildman–Crippen LogP) is 1.20. The number of benzene rings is 2. The molecule has 218 valence electrons. The fourth-order valence-electron chi connectivity index (χ4n) is 4.44. The molecule has 12 nitrogen and oxygen atoms in total. The number of morpholine rings is 1. The van der Waals surface area contributed by atoms with Crippen LogP contribution in [0.3, 0.4) is 0 Å². The fourth-order valence-corrected chi connectivity index (χ4v) is 5.89. The molecule has 0 bridgehead atoms. The van der Waals surface area contributed by atoms with Gasteiger partial charge in [0.05, 0.1) is 29.5 Å². The SMILES string of the molecule is CN(CCN1CCOCC1)c1ccc(N([O-])N=C(N)C2=C(N)CCN(S(=O)(=O)c3cc(F)cc(F)c3)C2)c(N)c1. The van der Waals surface area contributed by atoms with E-state index in [0.29, 0.717) is 6.07 Å². The van der Waals surface area contributed by atoms with Gasteiger partial charge >= 0.3 is 0 Å². The zero-order valence-corrected chi connectivity index (χ0v) is 22.9. The van der Waals surface area contributed by atoms with Crippen molar-refractivity contribution in [1.29, 1.82) is 0 Å². The molecule has 0 unspecified atom stereocenters. The van der Waals surface area contributed by atoms with Gasteiger partial charge in [-0.2, -0.15) is 9.41 Å². The zero-order chi connectivity index (χ0) is 29.0. The van der Waals surface area contributed by atoms with Gasteiger partial charge < -0.3 is 37.2 Å².